The first-order chi connectivity index (χ1) is 15.0. The Hall–Kier alpha value is -2.61. The van der Waals surface area contributed by atoms with E-state index in [1.807, 2.05) is 18.2 Å². The summed E-state index contributed by atoms with van der Waals surface area (Å²) in [6.45, 7) is 13.7. The Morgan fingerprint density at radius 2 is 1.69 bits per heavy atom. The first kappa shape index (κ1) is 25.6. The lowest BCUT2D eigenvalue weighted by Crippen LogP contribution is -2.32. The molecule has 2 aromatic rings. The Morgan fingerprint density at radius 3 is 2.22 bits per heavy atom. The molecular weight excluding hydrogens is 424 g/mol. The van der Waals surface area contributed by atoms with Crippen LogP contribution in [0.25, 0.3) is 0 Å². The Kier molecular flexibility index (Phi) is 9.07. The summed E-state index contributed by atoms with van der Waals surface area (Å²) in [5.41, 5.74) is 2.34. The number of anilines is 2. The van der Waals surface area contributed by atoms with Gasteiger partial charge in [-0.25, -0.2) is 9.97 Å². The molecule has 1 aromatic heterocycles. The van der Waals surface area contributed by atoms with Crippen molar-refractivity contribution in [3.63, 3.8) is 0 Å². The van der Waals surface area contributed by atoms with Gasteiger partial charge < -0.3 is 15.3 Å². The molecule has 0 aliphatic heterocycles. The first-order valence-electron chi connectivity index (χ1n) is 10.8. The number of hydrogen-bond donors (Lipinski definition) is 2. The van der Waals surface area contributed by atoms with Crippen molar-refractivity contribution in [2.24, 2.45) is 11.8 Å². The van der Waals surface area contributed by atoms with Crippen LogP contribution >= 0.6 is 11.8 Å². The molecule has 0 fully saturated rings. The van der Waals surface area contributed by atoms with E-state index in [1.54, 1.807) is 26.2 Å². The van der Waals surface area contributed by atoms with Gasteiger partial charge in [-0.2, -0.15) is 0 Å². The van der Waals surface area contributed by atoms with Gasteiger partial charge in [-0.1, -0.05) is 27.7 Å². The molecule has 1 heterocycles. The van der Waals surface area contributed by atoms with Gasteiger partial charge in [-0.3, -0.25) is 9.59 Å². The smallest absolute Gasteiger partial charge is 0.319 e. The Morgan fingerprint density at radius 1 is 1.09 bits per heavy atom. The van der Waals surface area contributed by atoms with Gasteiger partial charge in [0, 0.05) is 30.4 Å². The van der Waals surface area contributed by atoms with Crippen LogP contribution in [-0.2, 0) is 16.0 Å². The third-order valence-corrected chi connectivity index (χ3v) is 5.80. The number of hydrogen-bond acceptors (Lipinski definition) is 6. The van der Waals surface area contributed by atoms with E-state index in [9.17, 15) is 14.7 Å². The Labute approximate surface area is 195 Å². The second kappa shape index (κ2) is 11.3. The Bertz CT molecular complexity index is 907. The molecule has 1 amide bonds. The SMILES string of the molecule is CC(C)CN(CC(C)C)c1ccc(SC(C)(C)C(=O)O)cc1NC(=O)Cc1cncnc1. The third kappa shape index (κ3) is 7.82. The van der Waals surface area contributed by atoms with Crippen LogP contribution in [-0.4, -0.2) is 44.8 Å². The van der Waals surface area contributed by atoms with E-state index in [2.05, 4.69) is 47.9 Å². The fourth-order valence-electron chi connectivity index (χ4n) is 3.25. The van der Waals surface area contributed by atoms with Gasteiger partial charge in [0.2, 0.25) is 5.91 Å². The number of nitrogens with zero attached hydrogens (tertiary/aromatic N) is 3. The van der Waals surface area contributed by atoms with E-state index in [1.165, 1.54) is 18.1 Å². The predicted octanol–water partition coefficient (Wildman–Crippen LogP) is 4.73. The highest BCUT2D eigenvalue weighted by Gasteiger charge is 2.29. The molecule has 0 saturated carbocycles. The number of thioether (sulfide) groups is 1. The van der Waals surface area contributed by atoms with Crippen LogP contribution in [0.15, 0.2) is 41.8 Å². The molecule has 0 saturated heterocycles. The molecule has 0 spiro atoms. The second-order valence-corrected chi connectivity index (χ2v) is 11.0. The lowest BCUT2D eigenvalue weighted by Gasteiger charge is -2.31. The molecule has 32 heavy (non-hydrogen) atoms. The van der Waals surface area contributed by atoms with E-state index in [-0.39, 0.29) is 12.3 Å². The highest BCUT2D eigenvalue weighted by atomic mass is 32.2. The van der Waals surface area contributed by atoms with Crippen LogP contribution in [0.4, 0.5) is 11.4 Å². The predicted molar refractivity (Wildman–Crippen MR) is 130 cm³/mol. The van der Waals surface area contributed by atoms with Crippen molar-refractivity contribution in [2.75, 3.05) is 23.3 Å². The summed E-state index contributed by atoms with van der Waals surface area (Å²) >= 11 is 1.26. The van der Waals surface area contributed by atoms with Gasteiger partial charge in [0.1, 0.15) is 11.1 Å². The quantitative estimate of drug-likeness (QED) is 0.470. The number of benzene rings is 1. The lowest BCUT2D eigenvalue weighted by atomic mass is 10.1. The van der Waals surface area contributed by atoms with Crippen molar-refractivity contribution in [3.8, 4) is 0 Å². The largest absolute Gasteiger partial charge is 0.480 e. The van der Waals surface area contributed by atoms with Gasteiger partial charge >= 0.3 is 5.97 Å². The van der Waals surface area contributed by atoms with Crippen LogP contribution in [0.5, 0.6) is 0 Å². The summed E-state index contributed by atoms with van der Waals surface area (Å²) in [5, 5.41) is 12.6. The van der Waals surface area contributed by atoms with Gasteiger partial charge in [0.25, 0.3) is 0 Å². The number of aliphatic carboxylic acids is 1. The van der Waals surface area contributed by atoms with Crippen molar-refractivity contribution >= 4 is 35.0 Å². The van der Waals surface area contributed by atoms with Gasteiger partial charge in [0.15, 0.2) is 0 Å². The molecule has 7 nitrogen and oxygen atoms in total. The normalized spacial score (nSPS) is 11.6. The van der Waals surface area contributed by atoms with E-state index < -0.39 is 10.7 Å². The van der Waals surface area contributed by atoms with Gasteiger partial charge in [-0.15, -0.1) is 11.8 Å². The lowest BCUT2D eigenvalue weighted by molar-refractivity contribution is -0.138. The standard InChI is InChI=1S/C24H34N4O3S/c1-16(2)13-28(14-17(3)4)21-8-7-19(32-24(5,6)23(30)31)10-20(21)27-22(29)9-18-11-25-15-26-12-18/h7-8,10-12,15-17H,9,13-14H2,1-6H3,(H,27,29)(H,30,31). The number of amides is 1. The number of rotatable bonds is 11. The minimum atomic E-state index is -0.986. The van der Waals surface area contributed by atoms with Crippen LogP contribution in [0, 0.1) is 11.8 Å². The molecule has 0 aliphatic carbocycles. The highest BCUT2D eigenvalue weighted by molar-refractivity contribution is 8.01. The molecule has 0 radical (unpaired) electrons. The molecule has 8 heteroatoms. The molecule has 2 rings (SSSR count). The highest BCUT2D eigenvalue weighted by Crippen LogP contribution is 2.38. The van der Waals surface area contributed by atoms with Crippen LogP contribution in [0.2, 0.25) is 0 Å². The van der Waals surface area contributed by atoms with Crippen molar-refractivity contribution in [1.82, 2.24) is 9.97 Å². The molecule has 2 N–H and O–H groups in total. The van der Waals surface area contributed by atoms with Crippen LogP contribution in [0.1, 0.15) is 47.1 Å². The van der Waals surface area contributed by atoms with Crippen molar-refractivity contribution in [1.29, 1.82) is 0 Å². The average molecular weight is 459 g/mol. The molecule has 0 aliphatic rings. The van der Waals surface area contributed by atoms with Gasteiger partial charge in [0.05, 0.1) is 17.8 Å². The van der Waals surface area contributed by atoms with Crippen molar-refractivity contribution in [2.45, 2.75) is 57.6 Å². The van der Waals surface area contributed by atoms with E-state index in [0.29, 0.717) is 17.5 Å². The fraction of sp³-hybridized carbons (Fsp3) is 0.500. The third-order valence-electron chi connectivity index (χ3n) is 4.62. The van der Waals surface area contributed by atoms with E-state index in [0.717, 1.165) is 29.2 Å². The summed E-state index contributed by atoms with van der Waals surface area (Å²) in [6, 6.07) is 5.78. The number of carboxylic acid groups (broad SMARTS) is 1. The zero-order chi connectivity index (χ0) is 23.9. The van der Waals surface area contributed by atoms with Crippen molar-refractivity contribution < 1.29 is 14.7 Å². The summed E-state index contributed by atoms with van der Waals surface area (Å²) in [5.74, 6) is -0.172. The zero-order valence-corrected chi connectivity index (χ0v) is 20.6. The summed E-state index contributed by atoms with van der Waals surface area (Å²) in [6.07, 6.45) is 4.84. The topological polar surface area (TPSA) is 95.4 Å². The molecule has 1 aromatic carbocycles. The summed E-state index contributed by atoms with van der Waals surface area (Å²) in [4.78, 5) is 35.4. The number of nitrogens with one attached hydrogen (secondary N) is 1. The minimum absolute atomic E-state index is 0.159. The van der Waals surface area contributed by atoms with E-state index in [4.69, 9.17) is 0 Å². The van der Waals surface area contributed by atoms with Crippen LogP contribution in [0.3, 0.4) is 0 Å². The number of carbonyl (C=O) groups excluding carboxylic acids is 1. The maximum atomic E-state index is 12.8. The molecule has 0 atom stereocenters. The molecule has 174 valence electrons. The Balaban J connectivity index is 2.39. The maximum absolute atomic E-state index is 12.8. The van der Waals surface area contributed by atoms with Crippen LogP contribution < -0.4 is 10.2 Å². The molecular formula is C24H34N4O3S. The van der Waals surface area contributed by atoms with E-state index >= 15 is 0 Å². The number of carboxylic acids is 1. The number of carbonyl (C=O) groups is 2. The first-order valence-corrected chi connectivity index (χ1v) is 11.6. The average Bonchev–Trinajstić information content (AvgIpc) is 2.67. The zero-order valence-electron chi connectivity index (χ0n) is 19.8. The minimum Gasteiger partial charge on any atom is -0.480 e. The second-order valence-electron chi connectivity index (χ2n) is 9.26. The number of aromatic nitrogens is 2. The summed E-state index contributed by atoms with van der Waals surface area (Å²) < 4.78 is -0.986. The fourth-order valence-corrected chi connectivity index (χ4v) is 4.24. The summed E-state index contributed by atoms with van der Waals surface area (Å²) in [7, 11) is 0. The van der Waals surface area contributed by atoms with Crippen molar-refractivity contribution in [3.05, 3.63) is 42.5 Å². The monoisotopic (exact) mass is 458 g/mol. The van der Waals surface area contributed by atoms with Gasteiger partial charge in [-0.05, 0) is 49.4 Å². The maximum Gasteiger partial charge on any atom is 0.319 e. The molecule has 0 unspecified atom stereocenters. The molecule has 0 bridgehead atoms.